The molecule has 2 N–H and O–H groups in total. The van der Waals surface area contributed by atoms with Crippen molar-refractivity contribution in [2.75, 3.05) is 13.1 Å². The lowest BCUT2D eigenvalue weighted by atomic mass is 10.1. The average Bonchev–Trinajstić information content (AvgIpc) is 3.64. The Labute approximate surface area is 203 Å². The number of furan rings is 1. The van der Waals surface area contributed by atoms with Crippen LogP contribution in [0.4, 0.5) is 0 Å². The molecule has 3 amide bonds. The second-order valence-electron chi connectivity index (χ2n) is 8.39. The van der Waals surface area contributed by atoms with E-state index in [1.165, 1.54) is 22.5 Å². The van der Waals surface area contributed by atoms with Crippen LogP contribution in [0.3, 0.4) is 0 Å². The van der Waals surface area contributed by atoms with Crippen molar-refractivity contribution < 1.29 is 18.8 Å². The Bertz CT molecular complexity index is 1060. The molecule has 1 saturated carbocycles. The number of amides is 3. The minimum absolute atomic E-state index is 0.106. The Balaban J connectivity index is 1.54. The van der Waals surface area contributed by atoms with Gasteiger partial charge in [-0.1, -0.05) is 49.2 Å². The van der Waals surface area contributed by atoms with Gasteiger partial charge < -0.3 is 20.0 Å². The topological polar surface area (TPSA) is 91.7 Å². The van der Waals surface area contributed by atoms with Crippen LogP contribution in [-0.4, -0.2) is 41.8 Å². The molecule has 178 valence electrons. The van der Waals surface area contributed by atoms with Crippen LogP contribution in [-0.2, 0) is 16.0 Å². The second kappa shape index (κ2) is 11.7. The maximum absolute atomic E-state index is 13.4. The van der Waals surface area contributed by atoms with Crippen LogP contribution in [0.25, 0.3) is 0 Å². The molecule has 1 aromatic carbocycles. The highest BCUT2D eigenvalue weighted by molar-refractivity contribution is 7.12. The van der Waals surface area contributed by atoms with Crippen molar-refractivity contribution in [1.29, 1.82) is 0 Å². The van der Waals surface area contributed by atoms with E-state index < -0.39 is 6.04 Å². The molecular formula is C26H29N3O4S. The molecule has 3 aromatic rings. The van der Waals surface area contributed by atoms with Crippen molar-refractivity contribution in [1.82, 2.24) is 15.5 Å². The van der Waals surface area contributed by atoms with Gasteiger partial charge in [-0.15, -0.1) is 11.3 Å². The van der Waals surface area contributed by atoms with Gasteiger partial charge in [0.25, 0.3) is 11.8 Å². The molecular weight excluding hydrogens is 450 g/mol. The van der Waals surface area contributed by atoms with Gasteiger partial charge in [0.1, 0.15) is 5.76 Å². The highest BCUT2D eigenvalue weighted by Crippen LogP contribution is 2.25. The highest BCUT2D eigenvalue weighted by Gasteiger charge is 2.35. The van der Waals surface area contributed by atoms with E-state index >= 15 is 0 Å². The number of hydrogen-bond donors (Lipinski definition) is 2. The van der Waals surface area contributed by atoms with Crippen LogP contribution in [0.2, 0.25) is 0 Å². The lowest BCUT2D eigenvalue weighted by Gasteiger charge is -2.31. The summed E-state index contributed by atoms with van der Waals surface area (Å²) in [7, 11) is 0. The van der Waals surface area contributed by atoms with E-state index in [0.717, 1.165) is 31.2 Å². The molecule has 1 aliphatic rings. The van der Waals surface area contributed by atoms with Gasteiger partial charge in [-0.2, -0.15) is 0 Å². The summed E-state index contributed by atoms with van der Waals surface area (Å²) in [4.78, 5) is 41.3. The Morgan fingerprint density at radius 3 is 2.50 bits per heavy atom. The number of rotatable bonds is 10. The predicted octanol–water partition coefficient (Wildman–Crippen LogP) is 3.94. The lowest BCUT2D eigenvalue weighted by molar-refractivity contribution is -0.141. The van der Waals surface area contributed by atoms with Gasteiger partial charge in [0, 0.05) is 12.6 Å². The summed E-state index contributed by atoms with van der Waals surface area (Å²) in [6.45, 7) is 0.0978. The second-order valence-corrected chi connectivity index (χ2v) is 9.34. The van der Waals surface area contributed by atoms with E-state index in [2.05, 4.69) is 10.6 Å². The van der Waals surface area contributed by atoms with Gasteiger partial charge in [0.05, 0.1) is 17.7 Å². The highest BCUT2D eigenvalue weighted by atomic mass is 32.1. The molecule has 34 heavy (non-hydrogen) atoms. The average molecular weight is 480 g/mol. The van der Waals surface area contributed by atoms with Crippen LogP contribution < -0.4 is 10.6 Å². The molecule has 0 spiro atoms. The zero-order valence-corrected chi connectivity index (χ0v) is 19.8. The summed E-state index contributed by atoms with van der Waals surface area (Å²) in [6.07, 6.45) is 6.11. The van der Waals surface area contributed by atoms with Gasteiger partial charge in [-0.25, -0.2) is 0 Å². The summed E-state index contributed by atoms with van der Waals surface area (Å²) in [5, 5.41) is 7.61. The number of carbonyl (C=O) groups excluding carboxylic acids is 3. The molecule has 2 aromatic heterocycles. The fraction of sp³-hybridized carbons (Fsp3) is 0.346. The largest absolute Gasteiger partial charge is 0.467 e. The van der Waals surface area contributed by atoms with Crippen molar-refractivity contribution in [3.63, 3.8) is 0 Å². The SMILES string of the molecule is O=C(NCC(=O)N(CCc1ccccc1)[C@@H](C(=O)NC1CCCC1)c1ccco1)c1cccs1. The fourth-order valence-corrected chi connectivity index (χ4v) is 4.91. The first kappa shape index (κ1) is 23.8. The van der Waals surface area contributed by atoms with Crippen molar-refractivity contribution in [2.45, 2.75) is 44.2 Å². The van der Waals surface area contributed by atoms with Crippen LogP contribution >= 0.6 is 11.3 Å². The molecule has 1 aliphatic carbocycles. The van der Waals surface area contributed by atoms with Gasteiger partial charge in [0.2, 0.25) is 5.91 Å². The standard InChI is InChI=1S/C26H29N3O4S/c30-23(18-27-25(31)22-13-7-17-34-22)29(15-14-19-8-2-1-3-9-19)24(21-12-6-16-33-21)26(32)28-20-10-4-5-11-20/h1-3,6-9,12-13,16-17,20,24H,4-5,10-11,14-15,18H2,(H,27,31)(H,28,32)/t24-/m1/s1. The third-order valence-corrected chi connectivity index (χ3v) is 6.89. The van der Waals surface area contributed by atoms with Crippen molar-refractivity contribution >= 4 is 29.1 Å². The first-order chi connectivity index (χ1) is 16.6. The van der Waals surface area contributed by atoms with E-state index in [-0.39, 0.29) is 30.3 Å². The van der Waals surface area contributed by atoms with E-state index in [9.17, 15) is 14.4 Å². The molecule has 0 unspecified atom stereocenters. The van der Waals surface area contributed by atoms with Gasteiger partial charge in [0.15, 0.2) is 6.04 Å². The number of carbonyl (C=O) groups is 3. The number of benzene rings is 1. The van der Waals surface area contributed by atoms with Gasteiger partial charge >= 0.3 is 0 Å². The summed E-state index contributed by atoms with van der Waals surface area (Å²) in [5.74, 6) is -0.505. The van der Waals surface area contributed by atoms with E-state index in [0.29, 0.717) is 23.6 Å². The molecule has 0 aliphatic heterocycles. The third kappa shape index (κ3) is 6.14. The van der Waals surface area contributed by atoms with Gasteiger partial charge in [-0.05, 0) is 48.4 Å². The first-order valence-electron chi connectivity index (χ1n) is 11.6. The third-order valence-electron chi connectivity index (χ3n) is 6.02. The molecule has 0 radical (unpaired) electrons. The maximum Gasteiger partial charge on any atom is 0.261 e. The Morgan fingerprint density at radius 1 is 1.03 bits per heavy atom. The molecule has 2 heterocycles. The van der Waals surface area contributed by atoms with E-state index in [1.807, 2.05) is 35.7 Å². The number of hydrogen-bond acceptors (Lipinski definition) is 5. The Hall–Kier alpha value is -3.39. The zero-order valence-electron chi connectivity index (χ0n) is 18.9. The van der Waals surface area contributed by atoms with Crippen LogP contribution in [0.1, 0.15) is 52.7 Å². The van der Waals surface area contributed by atoms with Crippen molar-refractivity contribution in [2.24, 2.45) is 0 Å². The van der Waals surface area contributed by atoms with Crippen molar-refractivity contribution in [3.05, 3.63) is 82.4 Å². The maximum atomic E-state index is 13.4. The summed E-state index contributed by atoms with van der Waals surface area (Å²) < 4.78 is 5.61. The van der Waals surface area contributed by atoms with E-state index in [4.69, 9.17) is 4.42 Å². The predicted molar refractivity (Wildman–Crippen MR) is 130 cm³/mol. The molecule has 0 saturated heterocycles. The van der Waals surface area contributed by atoms with Crippen molar-refractivity contribution in [3.8, 4) is 0 Å². The Kier molecular flexibility index (Phi) is 8.14. The fourth-order valence-electron chi connectivity index (χ4n) is 4.27. The van der Waals surface area contributed by atoms with Gasteiger partial charge in [-0.3, -0.25) is 14.4 Å². The normalized spacial score (nSPS) is 14.5. The molecule has 8 heteroatoms. The quantitative estimate of drug-likeness (QED) is 0.461. The summed E-state index contributed by atoms with van der Waals surface area (Å²) in [5.41, 5.74) is 1.05. The summed E-state index contributed by atoms with van der Waals surface area (Å²) >= 11 is 1.31. The monoisotopic (exact) mass is 479 g/mol. The van der Waals surface area contributed by atoms with E-state index in [1.54, 1.807) is 24.3 Å². The Morgan fingerprint density at radius 2 is 1.82 bits per heavy atom. The van der Waals surface area contributed by atoms with Crippen LogP contribution in [0, 0.1) is 0 Å². The molecule has 4 rings (SSSR count). The minimum Gasteiger partial charge on any atom is -0.467 e. The van der Waals surface area contributed by atoms with Crippen LogP contribution in [0.15, 0.2) is 70.7 Å². The lowest BCUT2D eigenvalue weighted by Crippen LogP contribution is -2.49. The molecule has 0 bridgehead atoms. The first-order valence-corrected chi connectivity index (χ1v) is 12.5. The molecule has 7 nitrogen and oxygen atoms in total. The smallest absolute Gasteiger partial charge is 0.261 e. The number of thiophene rings is 1. The zero-order chi connectivity index (χ0) is 23.8. The molecule has 1 fully saturated rings. The van der Waals surface area contributed by atoms with Crippen LogP contribution in [0.5, 0.6) is 0 Å². The number of nitrogens with one attached hydrogen (secondary N) is 2. The minimum atomic E-state index is -0.912. The summed E-state index contributed by atoms with van der Waals surface area (Å²) in [6, 6.07) is 15.9. The molecule has 1 atom stereocenters. The number of nitrogens with zero attached hydrogens (tertiary/aromatic N) is 1.